The maximum atomic E-state index is 12.1. The number of carbonyl (C=O) groups excluding carboxylic acids is 1. The second kappa shape index (κ2) is 9.32. The van der Waals surface area contributed by atoms with Crippen molar-refractivity contribution < 1.29 is 4.79 Å². The van der Waals surface area contributed by atoms with E-state index >= 15 is 0 Å². The van der Waals surface area contributed by atoms with E-state index in [2.05, 4.69) is 37.9 Å². The zero-order valence-corrected chi connectivity index (χ0v) is 13.5. The number of hydrogen-bond acceptors (Lipinski definition) is 3. The van der Waals surface area contributed by atoms with Gasteiger partial charge in [0.15, 0.2) is 0 Å². The molecule has 0 saturated heterocycles. The van der Waals surface area contributed by atoms with Crippen LogP contribution in [0.5, 0.6) is 0 Å². The molecule has 0 aromatic carbocycles. The molecule has 0 aliphatic carbocycles. The molecule has 0 aliphatic heterocycles. The van der Waals surface area contributed by atoms with E-state index in [1.165, 1.54) is 0 Å². The van der Waals surface area contributed by atoms with Crippen LogP contribution in [-0.2, 0) is 4.79 Å². The highest BCUT2D eigenvalue weighted by Crippen LogP contribution is 2.23. The quantitative estimate of drug-likeness (QED) is 0.640. The van der Waals surface area contributed by atoms with Crippen LogP contribution in [0.1, 0.15) is 60.3 Å². The molecule has 0 bridgehead atoms. The van der Waals surface area contributed by atoms with Crippen LogP contribution in [0.3, 0.4) is 0 Å². The molecule has 0 aliphatic rings. The Kier molecular flexibility index (Phi) is 9.02. The number of nitrogens with one attached hydrogen (secondary N) is 1. The van der Waals surface area contributed by atoms with Gasteiger partial charge in [0.2, 0.25) is 5.91 Å². The Bertz CT molecular complexity index is 244. The van der Waals surface area contributed by atoms with Crippen molar-refractivity contribution in [3.63, 3.8) is 0 Å². The summed E-state index contributed by atoms with van der Waals surface area (Å²) in [5, 5.41) is 3.04. The van der Waals surface area contributed by atoms with E-state index in [0.29, 0.717) is 13.1 Å². The number of nitrogens with two attached hydrogens (primary N) is 1. The third-order valence-electron chi connectivity index (χ3n) is 4.21. The van der Waals surface area contributed by atoms with Crippen molar-refractivity contribution in [1.29, 1.82) is 0 Å². The molecule has 1 atom stereocenters. The standard InChI is InChI=1S/C15H33N3O/c1-6-10-18(15(8-3,9-4)12-16)11-14(19)17-13(5)7-2/h13H,6-12,16H2,1-5H3,(H,17,19). The van der Waals surface area contributed by atoms with Gasteiger partial charge in [-0.25, -0.2) is 0 Å². The highest BCUT2D eigenvalue weighted by Gasteiger charge is 2.32. The lowest BCUT2D eigenvalue weighted by Gasteiger charge is -2.42. The highest BCUT2D eigenvalue weighted by atomic mass is 16.2. The third-order valence-corrected chi connectivity index (χ3v) is 4.21. The van der Waals surface area contributed by atoms with Gasteiger partial charge in [0.1, 0.15) is 0 Å². The van der Waals surface area contributed by atoms with E-state index in [0.717, 1.165) is 32.2 Å². The molecule has 0 fully saturated rings. The Morgan fingerprint density at radius 3 is 2.21 bits per heavy atom. The van der Waals surface area contributed by atoms with E-state index in [9.17, 15) is 4.79 Å². The van der Waals surface area contributed by atoms with Crippen molar-refractivity contribution in [3.05, 3.63) is 0 Å². The summed E-state index contributed by atoms with van der Waals surface area (Å²) < 4.78 is 0. The summed E-state index contributed by atoms with van der Waals surface area (Å²) >= 11 is 0. The molecule has 1 unspecified atom stereocenters. The number of rotatable bonds is 10. The van der Waals surface area contributed by atoms with Gasteiger partial charge in [-0.2, -0.15) is 0 Å². The average Bonchev–Trinajstić information content (AvgIpc) is 2.41. The predicted molar refractivity (Wildman–Crippen MR) is 82.1 cm³/mol. The summed E-state index contributed by atoms with van der Waals surface area (Å²) in [6.45, 7) is 12.6. The summed E-state index contributed by atoms with van der Waals surface area (Å²) in [5.41, 5.74) is 5.95. The monoisotopic (exact) mass is 271 g/mol. The fourth-order valence-electron chi connectivity index (χ4n) is 2.46. The fraction of sp³-hybridized carbons (Fsp3) is 0.933. The fourth-order valence-corrected chi connectivity index (χ4v) is 2.46. The van der Waals surface area contributed by atoms with Crippen LogP contribution in [0, 0.1) is 0 Å². The summed E-state index contributed by atoms with van der Waals surface area (Å²) in [6.07, 6.45) is 3.97. The van der Waals surface area contributed by atoms with Gasteiger partial charge in [-0.1, -0.05) is 27.7 Å². The van der Waals surface area contributed by atoms with E-state index in [1.807, 2.05) is 6.92 Å². The van der Waals surface area contributed by atoms with Gasteiger partial charge in [-0.15, -0.1) is 0 Å². The molecule has 0 rings (SSSR count). The molecule has 1 amide bonds. The minimum atomic E-state index is -0.0389. The number of carbonyl (C=O) groups is 1. The Morgan fingerprint density at radius 2 is 1.84 bits per heavy atom. The molecule has 4 nitrogen and oxygen atoms in total. The summed E-state index contributed by atoms with van der Waals surface area (Å²) in [5.74, 6) is 0.113. The molecule has 4 heteroatoms. The van der Waals surface area contributed by atoms with Gasteiger partial charge in [0.05, 0.1) is 6.54 Å². The topological polar surface area (TPSA) is 58.4 Å². The third kappa shape index (κ3) is 5.49. The maximum absolute atomic E-state index is 12.1. The number of nitrogens with zero attached hydrogens (tertiary/aromatic N) is 1. The molecule has 114 valence electrons. The number of amides is 1. The molecular weight excluding hydrogens is 238 g/mol. The van der Waals surface area contributed by atoms with E-state index in [-0.39, 0.29) is 17.5 Å². The molecule has 0 aromatic rings. The second-order valence-electron chi connectivity index (χ2n) is 5.43. The van der Waals surface area contributed by atoms with Crippen LogP contribution in [0.25, 0.3) is 0 Å². The zero-order chi connectivity index (χ0) is 14.9. The van der Waals surface area contributed by atoms with Crippen molar-refractivity contribution >= 4 is 5.91 Å². The SMILES string of the molecule is CCCN(CC(=O)NC(C)CC)C(CC)(CC)CN. The van der Waals surface area contributed by atoms with Gasteiger partial charge in [-0.05, 0) is 39.2 Å². The first-order chi connectivity index (χ1) is 8.99. The summed E-state index contributed by atoms with van der Waals surface area (Å²) in [7, 11) is 0. The summed E-state index contributed by atoms with van der Waals surface area (Å²) in [4.78, 5) is 14.4. The molecule has 0 saturated carbocycles. The smallest absolute Gasteiger partial charge is 0.234 e. The first-order valence-electron chi connectivity index (χ1n) is 7.74. The van der Waals surface area contributed by atoms with Crippen LogP contribution in [-0.4, -0.2) is 42.0 Å². The van der Waals surface area contributed by atoms with Crippen molar-refractivity contribution in [3.8, 4) is 0 Å². The van der Waals surface area contributed by atoms with Gasteiger partial charge in [0, 0.05) is 18.1 Å². The van der Waals surface area contributed by atoms with E-state index in [4.69, 9.17) is 5.73 Å². The van der Waals surface area contributed by atoms with E-state index in [1.54, 1.807) is 0 Å². The molecule has 19 heavy (non-hydrogen) atoms. The van der Waals surface area contributed by atoms with Crippen molar-refractivity contribution in [2.24, 2.45) is 5.73 Å². The molecule has 3 N–H and O–H groups in total. The summed E-state index contributed by atoms with van der Waals surface area (Å²) in [6, 6.07) is 0.242. The van der Waals surface area contributed by atoms with Gasteiger partial charge >= 0.3 is 0 Å². The Hall–Kier alpha value is -0.610. The van der Waals surface area contributed by atoms with Crippen LogP contribution >= 0.6 is 0 Å². The van der Waals surface area contributed by atoms with E-state index < -0.39 is 0 Å². The Labute approximate surface area is 119 Å². The molecule has 0 aromatic heterocycles. The lowest BCUT2D eigenvalue weighted by Crippen LogP contribution is -2.56. The molecule has 0 radical (unpaired) electrons. The van der Waals surface area contributed by atoms with Gasteiger partial charge < -0.3 is 11.1 Å². The van der Waals surface area contributed by atoms with Crippen LogP contribution < -0.4 is 11.1 Å². The van der Waals surface area contributed by atoms with Gasteiger partial charge in [-0.3, -0.25) is 9.69 Å². The first-order valence-corrected chi connectivity index (χ1v) is 7.74. The molecule has 0 heterocycles. The van der Waals surface area contributed by atoms with Gasteiger partial charge in [0.25, 0.3) is 0 Å². The van der Waals surface area contributed by atoms with Crippen LogP contribution in [0.15, 0.2) is 0 Å². The lowest BCUT2D eigenvalue weighted by atomic mass is 9.90. The zero-order valence-electron chi connectivity index (χ0n) is 13.5. The van der Waals surface area contributed by atoms with Crippen molar-refractivity contribution in [2.45, 2.75) is 71.9 Å². The van der Waals surface area contributed by atoms with Crippen molar-refractivity contribution in [1.82, 2.24) is 10.2 Å². The predicted octanol–water partition coefficient (Wildman–Crippen LogP) is 2.13. The minimum Gasteiger partial charge on any atom is -0.353 e. The lowest BCUT2D eigenvalue weighted by molar-refractivity contribution is -0.124. The normalized spacial score (nSPS) is 13.6. The second-order valence-corrected chi connectivity index (χ2v) is 5.43. The molecular formula is C15H33N3O. The largest absolute Gasteiger partial charge is 0.353 e. The number of hydrogen-bond donors (Lipinski definition) is 2. The highest BCUT2D eigenvalue weighted by molar-refractivity contribution is 5.78. The molecule has 0 spiro atoms. The average molecular weight is 271 g/mol. The Balaban J connectivity index is 4.76. The Morgan fingerprint density at radius 1 is 1.26 bits per heavy atom. The maximum Gasteiger partial charge on any atom is 0.234 e. The van der Waals surface area contributed by atoms with Crippen LogP contribution in [0.4, 0.5) is 0 Å². The van der Waals surface area contributed by atoms with Crippen LogP contribution in [0.2, 0.25) is 0 Å². The van der Waals surface area contributed by atoms with Crippen molar-refractivity contribution in [2.75, 3.05) is 19.6 Å². The minimum absolute atomic E-state index is 0.0389. The first kappa shape index (κ1) is 18.4.